The van der Waals surface area contributed by atoms with Gasteiger partial charge in [-0.2, -0.15) is 0 Å². The van der Waals surface area contributed by atoms with Crippen LogP contribution >= 0.6 is 0 Å². The summed E-state index contributed by atoms with van der Waals surface area (Å²) in [5.41, 5.74) is 0. The minimum Gasteiger partial charge on any atom is -0.308 e. The lowest BCUT2D eigenvalue weighted by Crippen LogP contribution is -2.40. The Balaban J connectivity index is 2.45. The van der Waals surface area contributed by atoms with Crippen molar-refractivity contribution >= 4 is 5.78 Å². The lowest BCUT2D eigenvalue weighted by atomic mass is 9.87. The number of ketones is 1. The topological polar surface area (TPSA) is 23.6 Å². The lowest BCUT2D eigenvalue weighted by molar-refractivity contribution is -0.125. The Hall–Kier alpha value is -0.410. The van der Waals surface area contributed by atoms with E-state index in [2.05, 4.69) is 37.7 Å². The summed E-state index contributed by atoms with van der Waals surface area (Å²) >= 11 is 0. The van der Waals surface area contributed by atoms with Crippen molar-refractivity contribution in [1.82, 2.24) is 9.80 Å². The van der Waals surface area contributed by atoms with E-state index in [1.165, 1.54) is 6.42 Å². The van der Waals surface area contributed by atoms with Crippen LogP contribution in [-0.4, -0.2) is 55.9 Å². The Labute approximate surface area is 113 Å². The summed E-state index contributed by atoms with van der Waals surface area (Å²) in [4.78, 5) is 16.6. The Bertz CT molecular complexity index is 251. The molecule has 1 saturated carbocycles. The van der Waals surface area contributed by atoms with E-state index in [1.807, 2.05) is 0 Å². The van der Waals surface area contributed by atoms with Gasteiger partial charge < -0.3 is 9.80 Å². The minimum atomic E-state index is 0.305. The van der Waals surface area contributed by atoms with Crippen molar-refractivity contribution in [2.75, 3.05) is 40.3 Å². The summed E-state index contributed by atoms with van der Waals surface area (Å²) in [6.07, 6.45) is 4.26. The molecule has 3 nitrogen and oxygen atoms in total. The molecule has 0 heterocycles. The van der Waals surface area contributed by atoms with E-state index in [-0.39, 0.29) is 0 Å². The Kier molecular flexibility index (Phi) is 6.87. The molecule has 18 heavy (non-hydrogen) atoms. The third-order valence-electron chi connectivity index (χ3n) is 3.65. The van der Waals surface area contributed by atoms with E-state index >= 15 is 0 Å². The third kappa shape index (κ3) is 5.96. The average Bonchev–Trinajstić information content (AvgIpc) is 2.28. The molecule has 0 aromatic carbocycles. The number of carbonyl (C=O) groups is 1. The molecule has 1 aliphatic rings. The van der Waals surface area contributed by atoms with Gasteiger partial charge in [0, 0.05) is 38.5 Å². The summed E-state index contributed by atoms with van der Waals surface area (Å²) in [6, 6.07) is 0. The zero-order chi connectivity index (χ0) is 13.5. The maximum Gasteiger partial charge on any atom is 0.137 e. The van der Waals surface area contributed by atoms with E-state index < -0.39 is 0 Å². The third-order valence-corrected chi connectivity index (χ3v) is 3.65. The van der Waals surface area contributed by atoms with Gasteiger partial charge in [0.25, 0.3) is 0 Å². The summed E-state index contributed by atoms with van der Waals surface area (Å²) in [5, 5.41) is 0. The molecule has 1 atom stereocenters. The summed E-state index contributed by atoms with van der Waals surface area (Å²) in [5.74, 6) is 1.48. The van der Waals surface area contributed by atoms with E-state index in [1.54, 1.807) is 0 Å². The predicted octanol–water partition coefficient (Wildman–Crippen LogP) is 2.27. The molecule has 1 fully saturated rings. The van der Waals surface area contributed by atoms with Gasteiger partial charge in [0.1, 0.15) is 5.78 Å². The van der Waals surface area contributed by atoms with Crippen molar-refractivity contribution in [3.8, 4) is 0 Å². The van der Waals surface area contributed by atoms with Gasteiger partial charge in [0.2, 0.25) is 0 Å². The van der Waals surface area contributed by atoms with Crippen LogP contribution in [0.25, 0.3) is 0 Å². The normalized spacial score (nSPS) is 21.3. The smallest absolute Gasteiger partial charge is 0.137 e. The minimum absolute atomic E-state index is 0.305. The molecule has 0 amide bonds. The number of likely N-dealkylation sites (N-methyl/N-ethyl adjacent to an activating group) is 1. The maximum atomic E-state index is 11.9. The molecule has 0 bridgehead atoms. The van der Waals surface area contributed by atoms with Gasteiger partial charge in [-0.15, -0.1) is 0 Å². The second kappa shape index (κ2) is 7.90. The highest BCUT2D eigenvalue weighted by molar-refractivity contribution is 5.81. The van der Waals surface area contributed by atoms with Crippen LogP contribution in [0.15, 0.2) is 0 Å². The first-order chi connectivity index (χ1) is 8.49. The SMILES string of the molecule is CC(C)CN(CCN(C)C)CC1CCCCC1=O. The molecule has 0 aliphatic heterocycles. The first kappa shape index (κ1) is 15.6. The fraction of sp³-hybridized carbons (Fsp3) is 0.933. The van der Waals surface area contributed by atoms with Crippen molar-refractivity contribution < 1.29 is 4.79 Å². The molecular formula is C15H30N2O. The second-order valence-corrected chi connectivity index (χ2v) is 6.37. The van der Waals surface area contributed by atoms with E-state index in [0.29, 0.717) is 17.6 Å². The summed E-state index contributed by atoms with van der Waals surface area (Å²) < 4.78 is 0. The zero-order valence-electron chi connectivity index (χ0n) is 12.6. The fourth-order valence-corrected chi connectivity index (χ4v) is 2.67. The molecule has 0 spiro atoms. The quantitative estimate of drug-likeness (QED) is 0.696. The molecule has 0 saturated heterocycles. The number of hydrogen-bond donors (Lipinski definition) is 0. The summed E-state index contributed by atoms with van der Waals surface area (Å²) in [6.45, 7) is 8.75. The monoisotopic (exact) mass is 254 g/mol. The van der Waals surface area contributed by atoms with Gasteiger partial charge in [-0.05, 0) is 32.9 Å². The Morgan fingerprint density at radius 3 is 2.50 bits per heavy atom. The number of nitrogens with zero attached hydrogens (tertiary/aromatic N) is 2. The van der Waals surface area contributed by atoms with Gasteiger partial charge in [-0.1, -0.05) is 20.3 Å². The van der Waals surface area contributed by atoms with Gasteiger partial charge in [-0.25, -0.2) is 0 Å². The first-order valence-corrected chi connectivity index (χ1v) is 7.39. The molecule has 1 aliphatic carbocycles. The lowest BCUT2D eigenvalue weighted by Gasteiger charge is -2.30. The molecule has 106 valence electrons. The van der Waals surface area contributed by atoms with Crippen molar-refractivity contribution in [3.63, 3.8) is 0 Å². The highest BCUT2D eigenvalue weighted by Gasteiger charge is 2.24. The van der Waals surface area contributed by atoms with Crippen molar-refractivity contribution in [2.24, 2.45) is 11.8 Å². The van der Waals surface area contributed by atoms with E-state index in [9.17, 15) is 4.79 Å². The average molecular weight is 254 g/mol. The molecule has 1 unspecified atom stereocenters. The zero-order valence-corrected chi connectivity index (χ0v) is 12.6. The molecule has 0 aromatic heterocycles. The van der Waals surface area contributed by atoms with Crippen molar-refractivity contribution in [2.45, 2.75) is 39.5 Å². The van der Waals surface area contributed by atoms with Gasteiger partial charge >= 0.3 is 0 Å². The highest BCUT2D eigenvalue weighted by atomic mass is 16.1. The first-order valence-electron chi connectivity index (χ1n) is 7.39. The second-order valence-electron chi connectivity index (χ2n) is 6.37. The van der Waals surface area contributed by atoms with Gasteiger partial charge in [0.05, 0.1) is 0 Å². The van der Waals surface area contributed by atoms with Crippen LogP contribution in [-0.2, 0) is 4.79 Å². The molecule has 0 aromatic rings. The number of hydrogen-bond acceptors (Lipinski definition) is 3. The van der Waals surface area contributed by atoms with Crippen LogP contribution in [0.1, 0.15) is 39.5 Å². The van der Waals surface area contributed by atoms with E-state index in [4.69, 9.17) is 0 Å². The Morgan fingerprint density at radius 1 is 1.22 bits per heavy atom. The van der Waals surface area contributed by atoms with Crippen LogP contribution in [0.3, 0.4) is 0 Å². The van der Waals surface area contributed by atoms with Gasteiger partial charge in [-0.3, -0.25) is 4.79 Å². The van der Waals surface area contributed by atoms with Crippen LogP contribution in [0.4, 0.5) is 0 Å². The highest BCUT2D eigenvalue weighted by Crippen LogP contribution is 2.21. The number of Topliss-reactive ketones (excluding diaryl/α,β-unsaturated/α-hetero) is 1. The summed E-state index contributed by atoms with van der Waals surface area (Å²) in [7, 11) is 4.22. The molecule has 0 radical (unpaired) electrons. The predicted molar refractivity (Wildman–Crippen MR) is 76.8 cm³/mol. The van der Waals surface area contributed by atoms with Crippen LogP contribution in [0.2, 0.25) is 0 Å². The van der Waals surface area contributed by atoms with Crippen LogP contribution in [0.5, 0.6) is 0 Å². The Morgan fingerprint density at radius 2 is 1.94 bits per heavy atom. The number of carbonyl (C=O) groups excluding carboxylic acids is 1. The molecule has 0 N–H and O–H groups in total. The molecule has 3 heteroatoms. The van der Waals surface area contributed by atoms with E-state index in [0.717, 1.165) is 45.4 Å². The van der Waals surface area contributed by atoms with Gasteiger partial charge in [0.15, 0.2) is 0 Å². The number of rotatable bonds is 7. The largest absolute Gasteiger partial charge is 0.308 e. The van der Waals surface area contributed by atoms with Crippen LogP contribution in [0, 0.1) is 11.8 Å². The fourth-order valence-electron chi connectivity index (χ4n) is 2.67. The van der Waals surface area contributed by atoms with Crippen molar-refractivity contribution in [3.05, 3.63) is 0 Å². The van der Waals surface area contributed by atoms with Crippen LogP contribution < -0.4 is 0 Å². The molecular weight excluding hydrogens is 224 g/mol. The van der Waals surface area contributed by atoms with Crippen molar-refractivity contribution in [1.29, 1.82) is 0 Å². The standard InChI is InChI=1S/C15H30N2O/c1-13(2)11-17(10-9-16(3)4)12-14-7-5-6-8-15(14)18/h13-14H,5-12H2,1-4H3. The maximum absolute atomic E-state index is 11.9. The molecule has 1 rings (SSSR count).